The topological polar surface area (TPSA) is 91.6 Å². The summed E-state index contributed by atoms with van der Waals surface area (Å²) >= 11 is 5.42. The van der Waals surface area contributed by atoms with Crippen LogP contribution in [-0.4, -0.2) is 36.6 Å². The molecule has 1 aliphatic heterocycles. The summed E-state index contributed by atoms with van der Waals surface area (Å²) in [5.74, 6) is 0. The third-order valence-electron chi connectivity index (χ3n) is 7.24. The summed E-state index contributed by atoms with van der Waals surface area (Å²) in [5, 5.41) is 12.9. The average Bonchev–Trinajstić information content (AvgIpc) is 3.40. The first kappa shape index (κ1) is 27.4. The van der Waals surface area contributed by atoms with Crippen molar-refractivity contribution >= 4 is 44.9 Å². The Morgan fingerprint density at radius 1 is 0.881 bits per heavy atom. The number of thiocarbonyl (C=S) groups is 1. The van der Waals surface area contributed by atoms with Crippen molar-refractivity contribution in [2.75, 3.05) is 16.7 Å². The van der Waals surface area contributed by atoms with E-state index < -0.39 is 10.0 Å². The SMILES string of the molecule is Cc1cccc(C)c1NC(=S)N/N=C/c1ccc(-n2nc3c(c2-c2ccccc2)N(C)S(=O)(=O)c2ccccc2-3)cc1. The molecular formula is C32H28N6O2S2. The Hall–Kier alpha value is -4.80. The molecule has 10 heteroatoms. The van der Waals surface area contributed by atoms with Crippen molar-refractivity contribution in [3.63, 3.8) is 0 Å². The van der Waals surface area contributed by atoms with Gasteiger partial charge in [0.1, 0.15) is 11.4 Å². The number of aryl methyl sites for hydroxylation is 2. The van der Waals surface area contributed by atoms with Crippen LogP contribution < -0.4 is 15.0 Å². The Morgan fingerprint density at radius 2 is 1.55 bits per heavy atom. The number of hydrogen-bond donors (Lipinski definition) is 2. The first-order valence-corrected chi connectivity index (χ1v) is 15.1. The molecule has 2 N–H and O–H groups in total. The molecule has 8 nitrogen and oxygen atoms in total. The second kappa shape index (κ2) is 10.9. The smallest absolute Gasteiger partial charge is 0.264 e. The summed E-state index contributed by atoms with van der Waals surface area (Å²) in [4.78, 5) is 0.244. The first-order chi connectivity index (χ1) is 20.3. The van der Waals surface area contributed by atoms with E-state index in [1.165, 1.54) is 4.31 Å². The minimum absolute atomic E-state index is 0.244. The summed E-state index contributed by atoms with van der Waals surface area (Å²) in [6.45, 7) is 4.05. The van der Waals surface area contributed by atoms with Gasteiger partial charge in [-0.05, 0) is 61.0 Å². The van der Waals surface area contributed by atoms with Crippen LogP contribution in [0.3, 0.4) is 0 Å². The molecule has 0 fully saturated rings. The van der Waals surface area contributed by atoms with Gasteiger partial charge in [0.15, 0.2) is 5.11 Å². The molecule has 6 rings (SSSR count). The van der Waals surface area contributed by atoms with Gasteiger partial charge in [0.25, 0.3) is 10.0 Å². The number of hydrazone groups is 1. The van der Waals surface area contributed by atoms with Gasteiger partial charge < -0.3 is 5.32 Å². The highest BCUT2D eigenvalue weighted by Gasteiger charge is 2.38. The van der Waals surface area contributed by atoms with Gasteiger partial charge in [0.05, 0.1) is 22.5 Å². The number of hydrogen-bond acceptors (Lipinski definition) is 5. The minimum Gasteiger partial charge on any atom is -0.331 e. The fraction of sp³-hybridized carbons (Fsp3) is 0.0938. The second-order valence-electron chi connectivity index (χ2n) is 9.97. The first-order valence-electron chi connectivity index (χ1n) is 13.3. The third-order valence-corrected chi connectivity index (χ3v) is 9.25. The Bertz CT molecular complexity index is 1930. The van der Waals surface area contributed by atoms with Crippen molar-refractivity contribution in [3.8, 4) is 28.2 Å². The van der Waals surface area contributed by atoms with E-state index in [1.807, 2.05) is 92.7 Å². The second-order valence-corrected chi connectivity index (χ2v) is 12.3. The van der Waals surface area contributed by atoms with E-state index in [0.717, 1.165) is 33.6 Å². The van der Waals surface area contributed by atoms with Gasteiger partial charge in [0, 0.05) is 23.9 Å². The molecule has 5 aromatic rings. The lowest BCUT2D eigenvalue weighted by Crippen LogP contribution is -2.30. The normalized spacial score (nSPS) is 13.5. The van der Waals surface area contributed by atoms with Crippen molar-refractivity contribution in [1.29, 1.82) is 0 Å². The molecule has 0 amide bonds. The number of nitrogens with one attached hydrogen (secondary N) is 2. The van der Waals surface area contributed by atoms with Crippen LogP contribution in [0.2, 0.25) is 0 Å². The molecule has 210 valence electrons. The Kier molecular flexibility index (Phi) is 7.09. The predicted octanol–water partition coefficient (Wildman–Crippen LogP) is 6.28. The monoisotopic (exact) mass is 592 g/mol. The molecule has 0 saturated carbocycles. The number of para-hydroxylation sites is 1. The van der Waals surface area contributed by atoms with Crippen LogP contribution in [0.15, 0.2) is 107 Å². The van der Waals surface area contributed by atoms with Crippen LogP contribution >= 0.6 is 12.2 Å². The zero-order valence-corrected chi connectivity index (χ0v) is 24.9. The van der Waals surface area contributed by atoms with Crippen LogP contribution in [-0.2, 0) is 10.0 Å². The van der Waals surface area contributed by atoms with Gasteiger partial charge in [-0.1, -0.05) is 78.9 Å². The summed E-state index contributed by atoms with van der Waals surface area (Å²) in [7, 11) is -2.16. The molecule has 2 heterocycles. The molecule has 4 aromatic carbocycles. The quantitative estimate of drug-likeness (QED) is 0.142. The van der Waals surface area contributed by atoms with Gasteiger partial charge >= 0.3 is 0 Å². The number of anilines is 2. The van der Waals surface area contributed by atoms with Gasteiger partial charge in [-0.15, -0.1) is 0 Å². The lowest BCUT2D eigenvalue weighted by Gasteiger charge is -2.26. The average molecular weight is 593 g/mol. The van der Waals surface area contributed by atoms with Crippen LogP contribution in [0.1, 0.15) is 16.7 Å². The Balaban J connectivity index is 1.32. The Morgan fingerprint density at radius 3 is 2.26 bits per heavy atom. The van der Waals surface area contributed by atoms with Gasteiger partial charge in [0.2, 0.25) is 0 Å². The molecule has 42 heavy (non-hydrogen) atoms. The lowest BCUT2D eigenvalue weighted by molar-refractivity contribution is 0.594. The lowest BCUT2D eigenvalue weighted by atomic mass is 10.1. The minimum atomic E-state index is -3.74. The number of rotatable bonds is 5. The summed E-state index contributed by atoms with van der Waals surface area (Å²) < 4.78 is 30.1. The molecule has 0 unspecified atom stereocenters. The van der Waals surface area contributed by atoms with Gasteiger partial charge in [-0.2, -0.15) is 10.2 Å². The summed E-state index contributed by atoms with van der Waals surface area (Å²) in [6.07, 6.45) is 1.69. The molecule has 0 spiro atoms. The van der Waals surface area contributed by atoms with E-state index in [2.05, 4.69) is 15.8 Å². The van der Waals surface area contributed by atoms with Crippen LogP contribution in [0.25, 0.3) is 28.2 Å². The molecule has 0 aliphatic carbocycles. The highest BCUT2D eigenvalue weighted by molar-refractivity contribution is 7.93. The Labute approximate surface area is 250 Å². The summed E-state index contributed by atoms with van der Waals surface area (Å²) in [6, 6.07) is 30.4. The third kappa shape index (κ3) is 4.84. The number of nitrogens with zero attached hydrogens (tertiary/aromatic N) is 4. The zero-order chi connectivity index (χ0) is 29.4. The molecule has 0 bridgehead atoms. The van der Waals surface area contributed by atoms with Crippen LogP contribution in [0.4, 0.5) is 11.4 Å². The molecule has 0 saturated heterocycles. The molecular weight excluding hydrogens is 565 g/mol. The van der Waals surface area contributed by atoms with E-state index >= 15 is 0 Å². The fourth-order valence-electron chi connectivity index (χ4n) is 5.11. The van der Waals surface area contributed by atoms with Gasteiger partial charge in [-0.25, -0.2) is 13.1 Å². The van der Waals surface area contributed by atoms with E-state index in [1.54, 1.807) is 36.1 Å². The van der Waals surface area contributed by atoms with E-state index in [-0.39, 0.29) is 4.90 Å². The van der Waals surface area contributed by atoms with Crippen LogP contribution in [0.5, 0.6) is 0 Å². The van der Waals surface area contributed by atoms with Crippen molar-refractivity contribution in [2.24, 2.45) is 5.10 Å². The zero-order valence-electron chi connectivity index (χ0n) is 23.2. The van der Waals surface area contributed by atoms with Crippen molar-refractivity contribution in [3.05, 3.63) is 114 Å². The maximum absolute atomic E-state index is 13.5. The molecule has 1 aromatic heterocycles. The van der Waals surface area contributed by atoms with Crippen molar-refractivity contribution in [2.45, 2.75) is 18.7 Å². The van der Waals surface area contributed by atoms with Crippen molar-refractivity contribution in [1.82, 2.24) is 15.2 Å². The van der Waals surface area contributed by atoms with Crippen molar-refractivity contribution < 1.29 is 8.42 Å². The maximum atomic E-state index is 13.5. The number of aromatic nitrogens is 2. The van der Waals surface area contributed by atoms with E-state index in [9.17, 15) is 8.42 Å². The maximum Gasteiger partial charge on any atom is 0.264 e. The number of sulfonamides is 1. The van der Waals surface area contributed by atoms with E-state index in [0.29, 0.717) is 27.8 Å². The number of benzene rings is 4. The van der Waals surface area contributed by atoms with E-state index in [4.69, 9.17) is 17.3 Å². The molecule has 1 aliphatic rings. The number of fused-ring (bicyclic) bond motifs is 3. The standard InChI is InChI=1S/C32H28N6O2S2/c1-21-10-9-11-22(2)28(21)34-32(41)35-33-20-23-16-18-25(19-17-23)38-30(24-12-5-4-6-13-24)31-29(36-38)26-14-7-8-15-27(26)42(39,40)37(31)3/h4-20H,1-3H3,(H2,34,35,41)/b33-20+. The molecule has 0 radical (unpaired) electrons. The highest BCUT2D eigenvalue weighted by atomic mass is 32.2. The van der Waals surface area contributed by atoms with Gasteiger partial charge in [-0.3, -0.25) is 9.73 Å². The predicted molar refractivity (Wildman–Crippen MR) is 173 cm³/mol. The molecule has 0 atom stereocenters. The van der Waals surface area contributed by atoms with Crippen LogP contribution in [0, 0.1) is 13.8 Å². The fourth-order valence-corrected chi connectivity index (χ4v) is 6.66. The summed E-state index contributed by atoms with van der Waals surface area (Å²) in [5.41, 5.74) is 11.0. The largest absolute Gasteiger partial charge is 0.331 e. The highest BCUT2D eigenvalue weighted by Crippen LogP contribution is 2.47.